The zero-order valence-corrected chi connectivity index (χ0v) is 18.0. The smallest absolute Gasteiger partial charge is 0.286 e. The fraction of sp³-hybridized carbons (Fsp3) is 0.421. The molecule has 1 saturated heterocycles. The standard InChI is InChI=1S/C19H22ClN5O4S/c1-29-10-8-21-15(26)12-3-2-9-25(11-12)19(28)18-24-23-17(30-18)16(27)22-14-6-4-13(20)5-7-14/h4-7,12H,2-3,8-11H2,1H3,(H,21,26)(H,22,27)/t12-/m0/s1. The number of rotatable bonds is 7. The topological polar surface area (TPSA) is 114 Å². The Morgan fingerprint density at radius 3 is 2.70 bits per heavy atom. The Labute approximate surface area is 182 Å². The number of benzene rings is 1. The minimum absolute atomic E-state index is 0.0826. The number of hydrogen-bond acceptors (Lipinski definition) is 7. The van der Waals surface area contributed by atoms with Gasteiger partial charge in [0.15, 0.2) is 0 Å². The molecule has 9 nitrogen and oxygen atoms in total. The van der Waals surface area contributed by atoms with Crippen molar-refractivity contribution < 1.29 is 19.1 Å². The molecule has 2 N–H and O–H groups in total. The molecule has 160 valence electrons. The van der Waals surface area contributed by atoms with Gasteiger partial charge >= 0.3 is 0 Å². The van der Waals surface area contributed by atoms with E-state index in [-0.39, 0.29) is 27.7 Å². The highest BCUT2D eigenvalue weighted by Gasteiger charge is 2.30. The van der Waals surface area contributed by atoms with Gasteiger partial charge in [-0.05, 0) is 37.1 Å². The van der Waals surface area contributed by atoms with Gasteiger partial charge in [-0.2, -0.15) is 0 Å². The van der Waals surface area contributed by atoms with E-state index in [4.69, 9.17) is 16.3 Å². The van der Waals surface area contributed by atoms with Gasteiger partial charge in [-0.25, -0.2) is 0 Å². The van der Waals surface area contributed by atoms with E-state index in [2.05, 4.69) is 20.8 Å². The monoisotopic (exact) mass is 451 g/mol. The van der Waals surface area contributed by atoms with Crippen molar-refractivity contribution in [2.75, 3.05) is 38.7 Å². The van der Waals surface area contributed by atoms with Crippen LogP contribution >= 0.6 is 22.9 Å². The maximum absolute atomic E-state index is 12.8. The average molecular weight is 452 g/mol. The Morgan fingerprint density at radius 1 is 1.23 bits per heavy atom. The molecule has 2 heterocycles. The van der Waals surface area contributed by atoms with Crippen LogP contribution in [0.4, 0.5) is 5.69 Å². The number of anilines is 1. The number of amides is 3. The number of nitrogens with one attached hydrogen (secondary N) is 2. The van der Waals surface area contributed by atoms with Crippen LogP contribution in [0.1, 0.15) is 32.4 Å². The third-order valence-corrected chi connectivity index (χ3v) is 5.75. The van der Waals surface area contributed by atoms with E-state index >= 15 is 0 Å². The molecule has 3 amide bonds. The molecule has 30 heavy (non-hydrogen) atoms. The predicted molar refractivity (Wildman–Crippen MR) is 113 cm³/mol. The van der Waals surface area contributed by atoms with Crippen molar-refractivity contribution in [2.45, 2.75) is 12.8 Å². The summed E-state index contributed by atoms with van der Waals surface area (Å²) >= 11 is 6.76. The molecule has 1 aliphatic rings. The first kappa shape index (κ1) is 22.1. The molecule has 0 spiro atoms. The summed E-state index contributed by atoms with van der Waals surface area (Å²) in [4.78, 5) is 39.0. The lowest BCUT2D eigenvalue weighted by Gasteiger charge is -2.31. The highest BCUT2D eigenvalue weighted by atomic mass is 35.5. The van der Waals surface area contributed by atoms with Crippen molar-refractivity contribution in [1.29, 1.82) is 0 Å². The fourth-order valence-corrected chi connectivity index (χ4v) is 3.88. The lowest BCUT2D eigenvalue weighted by molar-refractivity contribution is -0.126. The van der Waals surface area contributed by atoms with Crippen molar-refractivity contribution in [2.24, 2.45) is 5.92 Å². The highest BCUT2D eigenvalue weighted by Crippen LogP contribution is 2.21. The summed E-state index contributed by atoms with van der Waals surface area (Å²) in [6.07, 6.45) is 1.43. The normalized spacial score (nSPS) is 16.2. The molecule has 2 aromatic rings. The maximum atomic E-state index is 12.8. The van der Waals surface area contributed by atoms with Crippen molar-refractivity contribution in [1.82, 2.24) is 20.4 Å². The van der Waals surface area contributed by atoms with E-state index in [1.165, 1.54) is 0 Å². The summed E-state index contributed by atoms with van der Waals surface area (Å²) in [5.41, 5.74) is 0.561. The van der Waals surface area contributed by atoms with Gasteiger partial charge in [-0.1, -0.05) is 22.9 Å². The number of carbonyl (C=O) groups is 3. The third kappa shape index (κ3) is 5.74. The van der Waals surface area contributed by atoms with Crippen LogP contribution in [0.25, 0.3) is 0 Å². The van der Waals surface area contributed by atoms with E-state index in [1.807, 2.05) is 0 Å². The summed E-state index contributed by atoms with van der Waals surface area (Å²) in [6, 6.07) is 6.65. The minimum Gasteiger partial charge on any atom is -0.383 e. The molecule has 1 atom stereocenters. The summed E-state index contributed by atoms with van der Waals surface area (Å²) in [7, 11) is 1.57. The summed E-state index contributed by atoms with van der Waals surface area (Å²) in [6.45, 7) is 1.71. The largest absolute Gasteiger partial charge is 0.383 e. The number of likely N-dealkylation sites (tertiary alicyclic amines) is 1. The van der Waals surface area contributed by atoms with Crippen LogP contribution < -0.4 is 10.6 Å². The van der Waals surface area contributed by atoms with Crippen LogP contribution in [0.3, 0.4) is 0 Å². The predicted octanol–water partition coefficient (Wildman–Crippen LogP) is 2.06. The number of aromatic nitrogens is 2. The highest BCUT2D eigenvalue weighted by molar-refractivity contribution is 7.15. The first-order valence-corrected chi connectivity index (χ1v) is 10.6. The first-order chi connectivity index (χ1) is 14.5. The number of hydrogen-bond donors (Lipinski definition) is 2. The third-order valence-electron chi connectivity index (χ3n) is 4.59. The van der Waals surface area contributed by atoms with Crippen molar-refractivity contribution in [3.8, 4) is 0 Å². The average Bonchev–Trinajstić information content (AvgIpc) is 3.25. The van der Waals surface area contributed by atoms with Crippen LogP contribution in [0.15, 0.2) is 24.3 Å². The Kier molecular flexibility index (Phi) is 7.72. The Hall–Kier alpha value is -2.56. The van der Waals surface area contributed by atoms with E-state index in [1.54, 1.807) is 36.3 Å². The molecule has 0 bridgehead atoms. The van der Waals surface area contributed by atoms with Gasteiger partial charge in [0.2, 0.25) is 15.9 Å². The molecule has 1 fully saturated rings. The number of ether oxygens (including phenoxy) is 1. The molecule has 0 aliphatic carbocycles. The van der Waals surface area contributed by atoms with E-state index in [0.29, 0.717) is 43.4 Å². The Balaban J connectivity index is 1.59. The molecule has 1 aromatic carbocycles. The molecule has 3 rings (SSSR count). The van der Waals surface area contributed by atoms with Gasteiger partial charge in [0.05, 0.1) is 12.5 Å². The zero-order valence-electron chi connectivity index (χ0n) is 16.4. The van der Waals surface area contributed by atoms with Gasteiger partial charge in [-0.15, -0.1) is 10.2 Å². The Bertz CT molecular complexity index is 905. The van der Waals surface area contributed by atoms with Crippen LogP contribution in [-0.2, 0) is 9.53 Å². The molecule has 0 unspecified atom stereocenters. The lowest BCUT2D eigenvalue weighted by atomic mass is 9.97. The van der Waals surface area contributed by atoms with Crippen molar-refractivity contribution in [3.05, 3.63) is 39.3 Å². The van der Waals surface area contributed by atoms with E-state index in [0.717, 1.165) is 17.8 Å². The molecule has 0 saturated carbocycles. The fourth-order valence-electron chi connectivity index (χ4n) is 3.05. The summed E-state index contributed by atoms with van der Waals surface area (Å²) in [5.74, 6) is -1.15. The second-order valence-electron chi connectivity index (χ2n) is 6.75. The molecule has 0 radical (unpaired) electrons. The molecular formula is C19H22ClN5O4S. The Morgan fingerprint density at radius 2 is 1.97 bits per heavy atom. The number of nitrogens with zero attached hydrogens (tertiary/aromatic N) is 3. The molecule has 11 heteroatoms. The second-order valence-corrected chi connectivity index (χ2v) is 8.16. The van der Waals surface area contributed by atoms with Crippen LogP contribution in [0.5, 0.6) is 0 Å². The summed E-state index contributed by atoms with van der Waals surface area (Å²) in [5, 5.41) is 14.0. The molecule has 1 aromatic heterocycles. The number of carbonyl (C=O) groups excluding carboxylic acids is 3. The number of piperidine rings is 1. The van der Waals surface area contributed by atoms with Crippen LogP contribution in [0, 0.1) is 5.92 Å². The van der Waals surface area contributed by atoms with Gasteiger partial charge in [0, 0.05) is 37.5 Å². The van der Waals surface area contributed by atoms with Crippen molar-refractivity contribution >= 4 is 46.3 Å². The summed E-state index contributed by atoms with van der Waals surface area (Å²) < 4.78 is 4.93. The van der Waals surface area contributed by atoms with Gasteiger partial charge in [0.1, 0.15) is 0 Å². The second kappa shape index (κ2) is 10.5. The van der Waals surface area contributed by atoms with Gasteiger partial charge in [-0.3, -0.25) is 14.4 Å². The lowest BCUT2D eigenvalue weighted by Crippen LogP contribution is -2.45. The van der Waals surface area contributed by atoms with Gasteiger partial charge in [0.25, 0.3) is 11.8 Å². The number of methoxy groups -OCH3 is 1. The first-order valence-electron chi connectivity index (χ1n) is 9.44. The van der Waals surface area contributed by atoms with E-state index in [9.17, 15) is 14.4 Å². The molecule has 1 aliphatic heterocycles. The minimum atomic E-state index is -0.456. The van der Waals surface area contributed by atoms with E-state index < -0.39 is 5.91 Å². The number of halogens is 1. The quantitative estimate of drug-likeness (QED) is 0.623. The zero-order chi connectivity index (χ0) is 21.5. The van der Waals surface area contributed by atoms with Crippen LogP contribution in [0.2, 0.25) is 5.02 Å². The SMILES string of the molecule is COCCNC(=O)[C@H]1CCCN(C(=O)c2nnc(C(=O)Nc3ccc(Cl)cc3)s2)C1. The molecular weight excluding hydrogens is 430 g/mol. The maximum Gasteiger partial charge on any atom is 0.286 e. The van der Waals surface area contributed by atoms with Gasteiger partial charge < -0.3 is 20.3 Å². The van der Waals surface area contributed by atoms with Crippen LogP contribution in [-0.4, -0.2) is 66.2 Å². The van der Waals surface area contributed by atoms with Crippen molar-refractivity contribution in [3.63, 3.8) is 0 Å².